The average Bonchev–Trinajstić information content (AvgIpc) is 2.69. The molecule has 0 unspecified atom stereocenters. The normalized spacial score (nSPS) is 11.1. The molecule has 0 radical (unpaired) electrons. The highest BCUT2D eigenvalue weighted by molar-refractivity contribution is 5.67. The summed E-state index contributed by atoms with van der Waals surface area (Å²) in [5, 5.41) is 7.60. The maximum atomic E-state index is 5.23. The van der Waals surface area contributed by atoms with Crippen molar-refractivity contribution >= 4 is 12.3 Å². The van der Waals surface area contributed by atoms with E-state index in [1.807, 2.05) is 13.0 Å². The van der Waals surface area contributed by atoms with Gasteiger partial charge >= 0.3 is 0 Å². The fourth-order valence-corrected chi connectivity index (χ4v) is 0.837. The smallest absolute Gasteiger partial charge is 0.247 e. The van der Waals surface area contributed by atoms with Crippen LogP contribution >= 0.6 is 0 Å². The third-order valence-electron chi connectivity index (χ3n) is 1.44. The summed E-state index contributed by atoms with van der Waals surface area (Å²) in [7, 11) is 1.50. The number of hydrogen-bond acceptors (Lipinski definition) is 5. The molecule has 1 heterocycles. The van der Waals surface area contributed by atoms with E-state index in [1.54, 1.807) is 19.2 Å². The predicted octanol–water partition coefficient (Wildman–Crippen LogP) is 1.57. The van der Waals surface area contributed by atoms with Crippen molar-refractivity contribution in [2.75, 3.05) is 7.05 Å². The fraction of sp³-hybridized carbons (Fsp3) is 0.300. The molecule has 5 heteroatoms. The molecule has 0 fully saturated rings. The molecule has 0 atom stereocenters. The van der Waals surface area contributed by atoms with Crippen molar-refractivity contribution in [3.63, 3.8) is 0 Å². The first kappa shape index (κ1) is 13.2. The van der Waals surface area contributed by atoms with Gasteiger partial charge in [-0.25, -0.2) is 0 Å². The zero-order chi connectivity index (χ0) is 11.7. The second-order valence-corrected chi connectivity index (χ2v) is 2.37. The summed E-state index contributed by atoms with van der Waals surface area (Å²) in [5.41, 5.74) is 5.34. The Balaban J connectivity index is 0.000000921. The second kappa shape index (κ2) is 7.64. The van der Waals surface area contributed by atoms with E-state index in [2.05, 4.69) is 27.6 Å². The molecule has 2 N–H and O–H groups in total. The number of aryl methyl sites for hydroxylation is 1. The molecule has 0 aliphatic heterocycles. The Morgan fingerprint density at radius 3 is 2.53 bits per heavy atom. The third-order valence-corrected chi connectivity index (χ3v) is 1.44. The maximum absolute atomic E-state index is 5.23. The molecule has 5 nitrogen and oxygen atoms in total. The first-order valence-electron chi connectivity index (χ1n) is 4.45. The topological polar surface area (TPSA) is 77.3 Å². The Labute approximate surface area is 89.4 Å². The lowest BCUT2D eigenvalue weighted by atomic mass is 10.2. The minimum absolute atomic E-state index is 0.500. The summed E-state index contributed by atoms with van der Waals surface area (Å²) < 4.78 is 5.23. The third kappa shape index (κ3) is 4.33. The van der Waals surface area contributed by atoms with Crippen molar-refractivity contribution in [2.45, 2.75) is 13.8 Å². The Kier molecular flexibility index (Phi) is 6.74. The number of nitrogens with zero attached hydrogens (tertiary/aromatic N) is 3. The van der Waals surface area contributed by atoms with Crippen molar-refractivity contribution in [3.05, 3.63) is 30.1 Å². The van der Waals surface area contributed by atoms with Crippen LogP contribution in [-0.4, -0.2) is 24.0 Å². The van der Waals surface area contributed by atoms with Gasteiger partial charge < -0.3 is 10.2 Å². The van der Waals surface area contributed by atoms with Crippen LogP contribution in [0.4, 0.5) is 0 Å². The fourth-order valence-electron chi connectivity index (χ4n) is 0.837. The lowest BCUT2D eigenvalue weighted by molar-refractivity contribution is 0.507. The van der Waals surface area contributed by atoms with Crippen LogP contribution in [0, 0.1) is 6.92 Å². The van der Waals surface area contributed by atoms with E-state index in [9.17, 15) is 0 Å². The molecule has 0 spiro atoms. The quantitative estimate of drug-likeness (QED) is 0.604. The standard InChI is InChI=1S/C9H11N3O.CH5N/c1-4-8(5-6-10-3)9-12-11-7(2)13-9;1-2/h4-6H,3H2,1-2H3;2H2,1H3/b6-5-,8-4+;. The number of aromatic nitrogens is 2. The van der Waals surface area contributed by atoms with Gasteiger partial charge in [0.15, 0.2) is 0 Å². The molecule has 1 aromatic heterocycles. The van der Waals surface area contributed by atoms with Crippen LogP contribution in [0.1, 0.15) is 18.7 Å². The molecule has 0 amide bonds. The summed E-state index contributed by atoms with van der Waals surface area (Å²) in [4.78, 5) is 3.59. The minimum Gasteiger partial charge on any atom is -0.421 e. The zero-order valence-corrected chi connectivity index (χ0v) is 9.27. The van der Waals surface area contributed by atoms with E-state index in [-0.39, 0.29) is 0 Å². The molecule has 0 saturated heterocycles. The predicted molar refractivity (Wildman–Crippen MR) is 61.5 cm³/mol. The van der Waals surface area contributed by atoms with E-state index in [1.165, 1.54) is 7.05 Å². The Hall–Kier alpha value is -1.75. The first-order valence-corrected chi connectivity index (χ1v) is 4.45. The van der Waals surface area contributed by atoms with Crippen LogP contribution in [0.3, 0.4) is 0 Å². The number of aliphatic imine (C=N–C) groups is 1. The Morgan fingerprint density at radius 1 is 1.47 bits per heavy atom. The minimum atomic E-state index is 0.500. The molecule has 0 saturated carbocycles. The van der Waals surface area contributed by atoms with Crippen molar-refractivity contribution in [2.24, 2.45) is 10.7 Å². The molecule has 0 aliphatic carbocycles. The average molecular weight is 208 g/mol. The van der Waals surface area contributed by atoms with Gasteiger partial charge in [-0.2, -0.15) is 0 Å². The van der Waals surface area contributed by atoms with Crippen LogP contribution < -0.4 is 5.73 Å². The van der Waals surface area contributed by atoms with Crippen molar-refractivity contribution in [3.8, 4) is 0 Å². The Morgan fingerprint density at radius 2 is 2.13 bits per heavy atom. The SMILES string of the molecule is C=N/C=C\C(=C/C)c1nnc(C)o1.CN. The van der Waals surface area contributed by atoms with Crippen LogP contribution in [-0.2, 0) is 0 Å². The molecule has 1 rings (SSSR count). The number of allylic oxidation sites excluding steroid dienone is 3. The molecule has 0 aromatic carbocycles. The zero-order valence-electron chi connectivity index (χ0n) is 9.27. The van der Waals surface area contributed by atoms with Gasteiger partial charge in [-0.05, 0) is 26.8 Å². The largest absolute Gasteiger partial charge is 0.421 e. The molecule has 82 valence electrons. The van der Waals surface area contributed by atoms with E-state index >= 15 is 0 Å². The van der Waals surface area contributed by atoms with E-state index < -0.39 is 0 Å². The Bertz CT molecular complexity index is 352. The first-order chi connectivity index (χ1) is 7.27. The molecule has 0 bridgehead atoms. The monoisotopic (exact) mass is 208 g/mol. The molecule has 15 heavy (non-hydrogen) atoms. The summed E-state index contributed by atoms with van der Waals surface area (Å²) in [6, 6.07) is 0. The summed E-state index contributed by atoms with van der Waals surface area (Å²) in [6.45, 7) is 6.98. The molecular formula is C10H16N4O. The van der Waals surface area contributed by atoms with Gasteiger partial charge in [0.1, 0.15) is 0 Å². The maximum Gasteiger partial charge on any atom is 0.247 e. The van der Waals surface area contributed by atoms with Crippen molar-refractivity contribution < 1.29 is 4.42 Å². The number of rotatable bonds is 3. The highest BCUT2D eigenvalue weighted by atomic mass is 16.4. The van der Waals surface area contributed by atoms with E-state index in [0.717, 1.165) is 5.57 Å². The molecule has 1 aromatic rings. The lowest BCUT2D eigenvalue weighted by Gasteiger charge is -1.90. The highest BCUT2D eigenvalue weighted by Crippen LogP contribution is 2.13. The van der Waals surface area contributed by atoms with Gasteiger partial charge in [0.25, 0.3) is 0 Å². The van der Waals surface area contributed by atoms with Gasteiger partial charge in [-0.1, -0.05) is 6.08 Å². The summed E-state index contributed by atoms with van der Waals surface area (Å²) in [6.07, 6.45) is 5.21. The van der Waals surface area contributed by atoms with Gasteiger partial charge in [-0.15, -0.1) is 10.2 Å². The lowest BCUT2D eigenvalue weighted by Crippen LogP contribution is -1.79. The highest BCUT2D eigenvalue weighted by Gasteiger charge is 2.04. The molecular weight excluding hydrogens is 192 g/mol. The molecule has 0 aliphatic rings. The van der Waals surface area contributed by atoms with Crippen LogP contribution in [0.5, 0.6) is 0 Å². The van der Waals surface area contributed by atoms with E-state index in [0.29, 0.717) is 11.8 Å². The van der Waals surface area contributed by atoms with Gasteiger partial charge in [0, 0.05) is 18.7 Å². The van der Waals surface area contributed by atoms with Crippen LogP contribution in [0.15, 0.2) is 27.8 Å². The second-order valence-electron chi connectivity index (χ2n) is 2.37. The van der Waals surface area contributed by atoms with E-state index in [4.69, 9.17) is 4.42 Å². The van der Waals surface area contributed by atoms with Crippen molar-refractivity contribution in [1.29, 1.82) is 0 Å². The number of nitrogens with two attached hydrogens (primary N) is 1. The van der Waals surface area contributed by atoms with Gasteiger partial charge in [0.05, 0.1) is 0 Å². The van der Waals surface area contributed by atoms with Gasteiger partial charge in [-0.3, -0.25) is 4.99 Å². The van der Waals surface area contributed by atoms with Crippen molar-refractivity contribution in [1.82, 2.24) is 10.2 Å². The van der Waals surface area contributed by atoms with Crippen LogP contribution in [0.25, 0.3) is 5.57 Å². The summed E-state index contributed by atoms with van der Waals surface area (Å²) in [5.74, 6) is 1.05. The number of hydrogen-bond donors (Lipinski definition) is 1. The summed E-state index contributed by atoms with van der Waals surface area (Å²) >= 11 is 0. The van der Waals surface area contributed by atoms with Gasteiger partial charge in [0.2, 0.25) is 11.8 Å². The van der Waals surface area contributed by atoms with Crippen LogP contribution in [0.2, 0.25) is 0 Å².